The smallest absolute Gasteiger partial charge is 0.267 e. The number of hydrogen-bond donors (Lipinski definition) is 1. The second kappa shape index (κ2) is 7.23. The number of carbonyl (C=O) groups is 1. The van der Waals surface area contributed by atoms with E-state index in [1.54, 1.807) is 49.5 Å². The Morgan fingerprint density at radius 2 is 1.90 bits per heavy atom. The van der Waals surface area contributed by atoms with E-state index in [2.05, 4.69) is 15.3 Å². The van der Waals surface area contributed by atoms with Gasteiger partial charge in [0.05, 0.1) is 16.6 Å². The van der Waals surface area contributed by atoms with Crippen LogP contribution < -0.4 is 10.9 Å². The lowest BCUT2D eigenvalue weighted by atomic mass is 10.2. The van der Waals surface area contributed by atoms with Crippen molar-refractivity contribution in [3.8, 4) is 5.69 Å². The number of fused-ring (bicyclic) bond motifs is 1. The average molecular weight is 392 g/mol. The van der Waals surface area contributed by atoms with Crippen molar-refractivity contribution >= 4 is 22.6 Å². The lowest BCUT2D eigenvalue weighted by Gasteiger charge is -2.12. The number of halogens is 2. The fraction of sp³-hybridized carbons (Fsp3) is 0.0476. The minimum atomic E-state index is -0.961. The molecule has 4 aromatic rings. The van der Waals surface area contributed by atoms with Gasteiger partial charge in [-0.05, 0) is 49.4 Å². The van der Waals surface area contributed by atoms with E-state index in [4.69, 9.17) is 0 Å². The number of anilines is 1. The zero-order valence-electron chi connectivity index (χ0n) is 15.2. The minimum Gasteiger partial charge on any atom is -0.322 e. The molecule has 2 heterocycles. The highest BCUT2D eigenvalue weighted by atomic mass is 19.1. The van der Waals surface area contributed by atoms with Crippen LogP contribution in [-0.4, -0.2) is 20.4 Å². The predicted molar refractivity (Wildman–Crippen MR) is 104 cm³/mol. The van der Waals surface area contributed by atoms with Gasteiger partial charge in [-0.1, -0.05) is 6.07 Å². The molecule has 0 radical (unpaired) electrons. The molecule has 6 nitrogen and oxygen atoms in total. The van der Waals surface area contributed by atoms with Crippen molar-refractivity contribution in [1.82, 2.24) is 14.5 Å². The maximum Gasteiger partial charge on any atom is 0.267 e. The summed E-state index contributed by atoms with van der Waals surface area (Å²) in [5, 5.41) is 2.92. The first-order valence-electron chi connectivity index (χ1n) is 8.65. The summed E-state index contributed by atoms with van der Waals surface area (Å²) >= 11 is 0. The Kier molecular flexibility index (Phi) is 4.59. The lowest BCUT2D eigenvalue weighted by Crippen LogP contribution is -2.23. The van der Waals surface area contributed by atoms with Crippen LogP contribution in [0.5, 0.6) is 0 Å². The van der Waals surface area contributed by atoms with Gasteiger partial charge < -0.3 is 5.32 Å². The molecular weight excluding hydrogens is 378 g/mol. The molecule has 2 aromatic carbocycles. The van der Waals surface area contributed by atoms with Gasteiger partial charge in [0.2, 0.25) is 0 Å². The van der Waals surface area contributed by atoms with Crippen molar-refractivity contribution in [2.75, 3.05) is 5.32 Å². The lowest BCUT2D eigenvalue weighted by molar-refractivity contribution is 0.102. The van der Waals surface area contributed by atoms with Crippen LogP contribution in [0.25, 0.3) is 16.7 Å². The van der Waals surface area contributed by atoms with Gasteiger partial charge in [0.1, 0.15) is 17.5 Å². The molecule has 0 saturated carbocycles. The molecule has 0 aliphatic heterocycles. The van der Waals surface area contributed by atoms with E-state index >= 15 is 0 Å². The highest BCUT2D eigenvalue weighted by molar-refractivity contribution is 6.04. The first kappa shape index (κ1) is 18.4. The number of carbonyl (C=O) groups excluding carboxylic acids is 1. The maximum absolute atomic E-state index is 13.8. The summed E-state index contributed by atoms with van der Waals surface area (Å²) in [5.74, 6) is -2.04. The fourth-order valence-electron chi connectivity index (χ4n) is 3.02. The number of aryl methyl sites for hydroxylation is 1. The van der Waals surface area contributed by atoms with Gasteiger partial charge in [0.15, 0.2) is 5.65 Å². The van der Waals surface area contributed by atoms with Gasteiger partial charge >= 0.3 is 0 Å². The van der Waals surface area contributed by atoms with E-state index in [1.165, 1.54) is 4.57 Å². The van der Waals surface area contributed by atoms with Crippen LogP contribution in [0, 0.1) is 18.6 Å². The van der Waals surface area contributed by atoms with Crippen LogP contribution in [0.15, 0.2) is 65.6 Å². The van der Waals surface area contributed by atoms with Crippen LogP contribution in [-0.2, 0) is 0 Å². The molecule has 0 fully saturated rings. The van der Waals surface area contributed by atoms with Crippen LogP contribution in [0.1, 0.15) is 16.2 Å². The Bertz CT molecular complexity index is 1320. The monoisotopic (exact) mass is 392 g/mol. The number of pyridine rings is 1. The van der Waals surface area contributed by atoms with Crippen molar-refractivity contribution in [2.45, 2.75) is 6.92 Å². The average Bonchev–Trinajstić information content (AvgIpc) is 2.68. The summed E-state index contributed by atoms with van der Waals surface area (Å²) in [7, 11) is 0. The summed E-state index contributed by atoms with van der Waals surface area (Å²) < 4.78 is 28.3. The molecule has 8 heteroatoms. The van der Waals surface area contributed by atoms with Crippen LogP contribution >= 0.6 is 0 Å². The largest absolute Gasteiger partial charge is 0.322 e. The third kappa shape index (κ3) is 3.47. The SMILES string of the molecule is Cc1nc2ncccc2c(=O)n1-c1cccc(NC(=O)c2ccc(F)cc2F)c1. The normalized spacial score (nSPS) is 10.9. The van der Waals surface area contributed by atoms with Crippen molar-refractivity contribution < 1.29 is 13.6 Å². The number of hydrogen-bond acceptors (Lipinski definition) is 4. The number of amides is 1. The summed E-state index contributed by atoms with van der Waals surface area (Å²) in [6, 6.07) is 12.5. The van der Waals surface area contributed by atoms with E-state index in [9.17, 15) is 18.4 Å². The Balaban J connectivity index is 1.72. The number of nitrogens with zero attached hydrogens (tertiary/aromatic N) is 3. The molecule has 0 unspecified atom stereocenters. The van der Waals surface area contributed by atoms with Gasteiger partial charge in [-0.3, -0.25) is 14.2 Å². The molecule has 0 saturated heterocycles. The van der Waals surface area contributed by atoms with Crippen molar-refractivity contribution in [1.29, 1.82) is 0 Å². The van der Waals surface area contributed by atoms with Crippen molar-refractivity contribution in [3.05, 3.63) is 94.2 Å². The highest BCUT2D eigenvalue weighted by Gasteiger charge is 2.14. The van der Waals surface area contributed by atoms with E-state index in [0.29, 0.717) is 34.3 Å². The highest BCUT2D eigenvalue weighted by Crippen LogP contribution is 2.18. The molecule has 144 valence electrons. The standard InChI is InChI=1S/C21H14F2N4O2/c1-12-25-19-17(6-3-9-24-19)21(29)27(12)15-5-2-4-14(11-15)26-20(28)16-8-7-13(22)10-18(16)23/h2-11H,1H3,(H,26,28). The van der Waals surface area contributed by atoms with Gasteiger partial charge in [0.25, 0.3) is 11.5 Å². The molecule has 1 amide bonds. The molecule has 4 rings (SSSR count). The number of nitrogens with one attached hydrogen (secondary N) is 1. The third-order valence-electron chi connectivity index (χ3n) is 4.35. The Labute approximate surface area is 163 Å². The molecule has 2 aromatic heterocycles. The summed E-state index contributed by atoms with van der Waals surface area (Å²) in [4.78, 5) is 33.7. The topological polar surface area (TPSA) is 76.9 Å². The summed E-state index contributed by atoms with van der Waals surface area (Å²) in [6.07, 6.45) is 1.56. The first-order valence-corrected chi connectivity index (χ1v) is 8.65. The predicted octanol–water partition coefficient (Wildman–Crippen LogP) is 3.62. The second-order valence-electron chi connectivity index (χ2n) is 6.30. The molecule has 29 heavy (non-hydrogen) atoms. The van der Waals surface area contributed by atoms with Gasteiger partial charge in [-0.25, -0.2) is 18.7 Å². The third-order valence-corrected chi connectivity index (χ3v) is 4.35. The van der Waals surface area contributed by atoms with E-state index in [1.807, 2.05) is 0 Å². The van der Waals surface area contributed by atoms with Gasteiger partial charge in [-0.15, -0.1) is 0 Å². The molecule has 0 atom stereocenters. The van der Waals surface area contributed by atoms with E-state index < -0.39 is 17.5 Å². The van der Waals surface area contributed by atoms with Crippen molar-refractivity contribution in [2.24, 2.45) is 0 Å². The van der Waals surface area contributed by atoms with Gasteiger partial charge in [-0.2, -0.15) is 0 Å². The summed E-state index contributed by atoms with van der Waals surface area (Å²) in [5.41, 5.74) is 0.580. The zero-order chi connectivity index (χ0) is 20.5. The second-order valence-corrected chi connectivity index (χ2v) is 6.30. The molecule has 0 aliphatic rings. The molecule has 0 bridgehead atoms. The Morgan fingerprint density at radius 3 is 2.69 bits per heavy atom. The fourth-order valence-corrected chi connectivity index (χ4v) is 3.02. The number of benzene rings is 2. The Morgan fingerprint density at radius 1 is 1.07 bits per heavy atom. The molecular formula is C21H14F2N4O2. The molecule has 0 spiro atoms. The molecule has 0 aliphatic carbocycles. The number of aromatic nitrogens is 3. The van der Waals surface area contributed by atoms with Crippen molar-refractivity contribution in [3.63, 3.8) is 0 Å². The van der Waals surface area contributed by atoms with E-state index in [-0.39, 0.29) is 11.1 Å². The Hall–Kier alpha value is -3.94. The molecule has 1 N–H and O–H groups in total. The van der Waals surface area contributed by atoms with E-state index in [0.717, 1.165) is 12.1 Å². The van der Waals surface area contributed by atoms with Gasteiger partial charge in [0, 0.05) is 18.0 Å². The minimum absolute atomic E-state index is 0.288. The quantitative estimate of drug-likeness (QED) is 0.578. The summed E-state index contributed by atoms with van der Waals surface area (Å²) in [6.45, 7) is 1.68. The maximum atomic E-state index is 13.8. The zero-order valence-corrected chi connectivity index (χ0v) is 15.2. The van der Waals surface area contributed by atoms with Crippen LogP contribution in [0.4, 0.5) is 14.5 Å². The van der Waals surface area contributed by atoms with Crippen LogP contribution in [0.2, 0.25) is 0 Å². The van der Waals surface area contributed by atoms with Crippen LogP contribution in [0.3, 0.4) is 0 Å². The number of rotatable bonds is 3. The first-order chi connectivity index (χ1) is 13.9.